The lowest BCUT2D eigenvalue weighted by atomic mass is 9.99. The van der Waals surface area contributed by atoms with Gasteiger partial charge in [-0.25, -0.2) is 0 Å². The van der Waals surface area contributed by atoms with E-state index in [0.717, 1.165) is 58.0 Å². The van der Waals surface area contributed by atoms with E-state index in [0.29, 0.717) is 55.8 Å². The molecule has 0 aromatic heterocycles. The molecular weight excluding hydrogens is 534 g/mol. The van der Waals surface area contributed by atoms with Gasteiger partial charge in [-0.15, -0.1) is 0 Å². The molecule has 2 aromatic carbocycles. The van der Waals surface area contributed by atoms with Crippen molar-refractivity contribution in [1.82, 2.24) is 4.90 Å². The molecule has 0 fully saturated rings. The number of carbonyl (C=O) groups is 1. The van der Waals surface area contributed by atoms with Crippen molar-refractivity contribution in [2.24, 2.45) is 0 Å². The van der Waals surface area contributed by atoms with Gasteiger partial charge in [-0.2, -0.15) is 0 Å². The van der Waals surface area contributed by atoms with Crippen molar-refractivity contribution < 1.29 is 33.2 Å². The van der Waals surface area contributed by atoms with E-state index in [1.165, 1.54) is 0 Å². The molecule has 8 nitrogen and oxygen atoms in total. The molecule has 1 aliphatic rings. The summed E-state index contributed by atoms with van der Waals surface area (Å²) >= 11 is 0. The quantitative estimate of drug-likeness (QED) is 0.242. The van der Waals surface area contributed by atoms with E-state index in [4.69, 9.17) is 28.4 Å². The molecule has 2 aromatic rings. The predicted octanol–water partition coefficient (Wildman–Crippen LogP) is 6.70. The van der Waals surface area contributed by atoms with Gasteiger partial charge in [0.1, 0.15) is 38.6 Å². The third kappa shape index (κ3) is 11.4. The summed E-state index contributed by atoms with van der Waals surface area (Å²) in [7, 11) is 0. The van der Waals surface area contributed by atoms with Crippen LogP contribution in [0.25, 0.3) is 0 Å². The van der Waals surface area contributed by atoms with E-state index in [1.54, 1.807) is 0 Å². The summed E-state index contributed by atoms with van der Waals surface area (Å²) in [5.74, 6) is 2.51. The molecule has 0 radical (unpaired) electrons. The number of amides is 1. The molecule has 1 amide bonds. The molecule has 1 aliphatic heterocycles. The molecule has 1 heterocycles. The van der Waals surface area contributed by atoms with E-state index < -0.39 is 5.60 Å². The number of fused-ring (bicyclic) bond motifs is 2. The molecule has 0 spiro atoms. The van der Waals surface area contributed by atoms with Crippen molar-refractivity contribution in [3.05, 3.63) is 48.5 Å². The highest BCUT2D eigenvalue weighted by molar-refractivity contribution is 5.77. The molecule has 0 atom stereocenters. The van der Waals surface area contributed by atoms with Gasteiger partial charge in [-0.3, -0.25) is 4.79 Å². The van der Waals surface area contributed by atoms with Crippen LogP contribution in [-0.4, -0.2) is 75.7 Å². The van der Waals surface area contributed by atoms with Crippen molar-refractivity contribution in [3.8, 4) is 23.0 Å². The lowest BCUT2D eigenvalue weighted by Crippen LogP contribution is -2.48. The molecule has 0 aliphatic carbocycles. The molecular formula is C34H51NO7. The fraction of sp³-hybridized carbons (Fsp3) is 0.618. The molecule has 0 saturated heterocycles. The fourth-order valence-electron chi connectivity index (χ4n) is 4.89. The maximum Gasteiger partial charge on any atom is 0.248 e. The van der Waals surface area contributed by atoms with Crippen LogP contribution in [0, 0.1) is 0 Å². The number of benzene rings is 2. The summed E-state index contributed by atoms with van der Waals surface area (Å²) in [6, 6.07) is 15.2. The Labute approximate surface area is 252 Å². The van der Waals surface area contributed by atoms with Crippen LogP contribution in [0.15, 0.2) is 48.5 Å². The minimum atomic E-state index is -0.872. The normalized spacial score (nSPS) is 15.6. The van der Waals surface area contributed by atoms with Crippen molar-refractivity contribution in [2.75, 3.05) is 59.3 Å². The van der Waals surface area contributed by atoms with Crippen LogP contribution in [-0.2, 0) is 14.3 Å². The highest BCUT2D eigenvalue weighted by Crippen LogP contribution is 2.32. The van der Waals surface area contributed by atoms with Crippen molar-refractivity contribution in [1.29, 1.82) is 0 Å². The van der Waals surface area contributed by atoms with Gasteiger partial charge in [-0.05, 0) is 43.5 Å². The van der Waals surface area contributed by atoms with Crippen molar-refractivity contribution in [2.45, 2.75) is 77.7 Å². The van der Waals surface area contributed by atoms with E-state index in [2.05, 4.69) is 20.8 Å². The summed E-state index contributed by atoms with van der Waals surface area (Å²) in [6.07, 6.45) is 7.91. The first kappa shape index (κ1) is 33.5. The number of ether oxygens (including phenoxy) is 6. The lowest BCUT2D eigenvalue weighted by molar-refractivity contribution is -0.151. The molecule has 3 rings (SSSR count). The minimum absolute atomic E-state index is 0.0114. The number of hydrogen-bond acceptors (Lipinski definition) is 7. The zero-order chi connectivity index (χ0) is 29.9. The summed E-state index contributed by atoms with van der Waals surface area (Å²) in [4.78, 5) is 15.5. The van der Waals surface area contributed by atoms with Gasteiger partial charge in [0.05, 0.1) is 13.2 Å². The Morgan fingerprint density at radius 3 is 1.62 bits per heavy atom. The second kappa shape index (κ2) is 19.3. The maximum absolute atomic E-state index is 13.5. The van der Waals surface area contributed by atoms with Gasteiger partial charge < -0.3 is 33.3 Å². The Morgan fingerprint density at radius 2 is 1.17 bits per heavy atom. The fourth-order valence-corrected chi connectivity index (χ4v) is 4.89. The van der Waals surface area contributed by atoms with Crippen LogP contribution < -0.4 is 18.9 Å². The first-order valence-electron chi connectivity index (χ1n) is 15.8. The number of rotatable bonds is 13. The molecule has 42 heavy (non-hydrogen) atoms. The summed E-state index contributed by atoms with van der Waals surface area (Å²) in [6.45, 7) is 9.95. The molecule has 0 N–H and O–H groups in total. The Kier molecular flexibility index (Phi) is 15.4. The van der Waals surface area contributed by atoms with Gasteiger partial charge in [0, 0.05) is 13.1 Å². The molecule has 234 valence electrons. The molecule has 0 bridgehead atoms. The van der Waals surface area contributed by atoms with Gasteiger partial charge in [0.15, 0.2) is 23.0 Å². The Balaban J connectivity index is 1.84. The average Bonchev–Trinajstić information content (AvgIpc) is 3.01. The Hall–Kier alpha value is -2.97. The second-order valence-corrected chi connectivity index (χ2v) is 10.8. The van der Waals surface area contributed by atoms with E-state index in [-0.39, 0.29) is 25.7 Å². The zero-order valence-electron chi connectivity index (χ0n) is 25.9. The monoisotopic (exact) mass is 585 g/mol. The first-order valence-corrected chi connectivity index (χ1v) is 15.8. The third-order valence-corrected chi connectivity index (χ3v) is 7.27. The summed E-state index contributed by atoms with van der Waals surface area (Å²) < 4.78 is 36.9. The smallest absolute Gasteiger partial charge is 0.248 e. The lowest BCUT2D eigenvalue weighted by Gasteiger charge is -2.34. The van der Waals surface area contributed by atoms with Gasteiger partial charge >= 0.3 is 0 Å². The van der Waals surface area contributed by atoms with Crippen LogP contribution in [0.5, 0.6) is 23.0 Å². The average molecular weight is 586 g/mol. The van der Waals surface area contributed by atoms with Gasteiger partial charge in [0.25, 0.3) is 0 Å². The van der Waals surface area contributed by atoms with Gasteiger partial charge in [-0.1, -0.05) is 77.1 Å². The predicted molar refractivity (Wildman–Crippen MR) is 165 cm³/mol. The molecule has 8 heteroatoms. The molecule has 0 saturated carbocycles. The topological polar surface area (TPSA) is 75.7 Å². The number of para-hydroxylation sites is 4. The first-order chi connectivity index (χ1) is 20.6. The number of carbonyl (C=O) groups excluding carboxylic acids is 1. The standard InChI is InChI=1S/C34H51NO7/c1-4-7-13-20-35(21-14-8-5-2)33(36)26-42-34(19-6-3)27-40-31-17-11-9-15-29(31)38-24-22-37-23-25-39-30-16-10-12-18-32(30)41-28-34/h9-12,15-18H,4-8,13-14,19-28H2,1-3H3. The summed E-state index contributed by atoms with van der Waals surface area (Å²) in [5, 5.41) is 0. The van der Waals surface area contributed by atoms with Crippen LogP contribution in [0.3, 0.4) is 0 Å². The molecule has 0 unspecified atom stereocenters. The van der Waals surface area contributed by atoms with E-state index in [9.17, 15) is 4.79 Å². The number of hydrogen-bond donors (Lipinski definition) is 0. The van der Waals surface area contributed by atoms with Crippen LogP contribution in [0.2, 0.25) is 0 Å². The number of nitrogens with zero attached hydrogens (tertiary/aromatic N) is 1. The van der Waals surface area contributed by atoms with Crippen LogP contribution in [0.4, 0.5) is 0 Å². The van der Waals surface area contributed by atoms with E-state index in [1.807, 2.05) is 53.4 Å². The van der Waals surface area contributed by atoms with E-state index >= 15 is 0 Å². The maximum atomic E-state index is 13.5. The van der Waals surface area contributed by atoms with Gasteiger partial charge in [0.2, 0.25) is 5.91 Å². The SMILES string of the molecule is CCCCCN(CCCCC)C(=O)COC1(CCC)COc2ccccc2OCCOCCOc2ccccc2OC1. The van der Waals surface area contributed by atoms with Crippen LogP contribution >= 0.6 is 0 Å². The zero-order valence-corrected chi connectivity index (χ0v) is 25.9. The summed E-state index contributed by atoms with van der Waals surface area (Å²) in [5.41, 5.74) is -0.872. The van der Waals surface area contributed by atoms with Crippen LogP contribution in [0.1, 0.15) is 72.1 Å². The Bertz CT molecular complexity index is 965. The minimum Gasteiger partial charge on any atom is -0.487 e. The highest BCUT2D eigenvalue weighted by atomic mass is 16.6. The largest absolute Gasteiger partial charge is 0.487 e. The number of unbranched alkanes of at least 4 members (excludes halogenated alkanes) is 4. The Morgan fingerprint density at radius 1 is 0.690 bits per heavy atom. The highest BCUT2D eigenvalue weighted by Gasteiger charge is 2.35. The van der Waals surface area contributed by atoms with Crippen molar-refractivity contribution >= 4 is 5.91 Å². The third-order valence-electron chi connectivity index (χ3n) is 7.27. The second-order valence-electron chi connectivity index (χ2n) is 10.8. The van der Waals surface area contributed by atoms with Crippen molar-refractivity contribution in [3.63, 3.8) is 0 Å².